The number of hydrogen-bond donors (Lipinski definition) is 2. The second-order valence-electron chi connectivity index (χ2n) is 6.85. The molecule has 0 atom stereocenters. The summed E-state index contributed by atoms with van der Waals surface area (Å²) in [6.45, 7) is 0.589. The van der Waals surface area contributed by atoms with Crippen LogP contribution >= 0.6 is 0 Å². The molecule has 0 spiro atoms. The molecule has 2 N–H and O–H groups in total. The van der Waals surface area contributed by atoms with Gasteiger partial charge in [-0.15, -0.1) is 0 Å². The number of aromatic nitrogens is 2. The fourth-order valence-electron chi connectivity index (χ4n) is 3.40. The minimum Gasteiger partial charge on any atom is -0.380 e. The zero-order valence-corrected chi connectivity index (χ0v) is 14.5. The van der Waals surface area contributed by atoms with Crippen LogP contribution in [-0.2, 0) is 11.2 Å². The zero-order chi connectivity index (χ0) is 17.9. The van der Waals surface area contributed by atoms with Crippen molar-refractivity contribution in [2.75, 3.05) is 13.6 Å². The third-order valence-electron chi connectivity index (χ3n) is 4.89. The number of aryl methyl sites for hydroxylation is 1. The number of amides is 1. The van der Waals surface area contributed by atoms with Crippen molar-refractivity contribution in [2.45, 2.75) is 44.1 Å². The van der Waals surface area contributed by atoms with Gasteiger partial charge in [-0.2, -0.15) is 5.10 Å². The third kappa shape index (κ3) is 4.07. The normalized spacial score (nSPS) is 16.1. The molecule has 1 aromatic heterocycles. The first-order chi connectivity index (χ1) is 12.0. The number of nitrogens with zero attached hydrogens (tertiary/aromatic N) is 2. The van der Waals surface area contributed by atoms with Crippen LogP contribution in [0.4, 0.5) is 4.39 Å². The largest absolute Gasteiger partial charge is 0.380 e. The number of likely N-dealkylation sites (N-methyl/N-ethyl adjacent to an activating group) is 1. The standard InChI is InChI=1S/C19H24FN3O2/c1-23(18(24)19(25)10-2-3-11-19)12-4-5-16-13-17(22-21-16)14-6-8-15(20)9-7-14/h6-9,13,25H,2-5,10-12H2,1H3,(H,21,22). The lowest BCUT2D eigenvalue weighted by atomic mass is 10.0. The monoisotopic (exact) mass is 345 g/mol. The average molecular weight is 345 g/mol. The predicted octanol–water partition coefficient (Wildman–Crippen LogP) is 2.91. The lowest BCUT2D eigenvalue weighted by Crippen LogP contribution is -2.46. The van der Waals surface area contributed by atoms with Crippen molar-refractivity contribution in [3.63, 3.8) is 0 Å². The highest BCUT2D eigenvalue weighted by molar-refractivity contribution is 5.85. The first-order valence-corrected chi connectivity index (χ1v) is 8.76. The zero-order valence-electron chi connectivity index (χ0n) is 14.5. The molecule has 0 bridgehead atoms. The number of aliphatic hydroxyl groups is 1. The maximum atomic E-state index is 13.0. The summed E-state index contributed by atoms with van der Waals surface area (Å²) in [5.74, 6) is -0.433. The Hall–Kier alpha value is -2.21. The van der Waals surface area contributed by atoms with Gasteiger partial charge < -0.3 is 10.0 Å². The van der Waals surface area contributed by atoms with Crippen molar-refractivity contribution in [3.05, 3.63) is 41.8 Å². The number of aromatic amines is 1. The summed E-state index contributed by atoms with van der Waals surface area (Å²) in [5.41, 5.74) is 1.46. The first-order valence-electron chi connectivity index (χ1n) is 8.76. The molecule has 5 nitrogen and oxygen atoms in total. The Labute approximate surface area is 146 Å². The summed E-state index contributed by atoms with van der Waals surface area (Å²) >= 11 is 0. The molecule has 25 heavy (non-hydrogen) atoms. The molecule has 1 aromatic carbocycles. The van der Waals surface area contributed by atoms with Gasteiger partial charge in [0.1, 0.15) is 11.4 Å². The average Bonchev–Trinajstić information content (AvgIpc) is 3.25. The smallest absolute Gasteiger partial charge is 0.254 e. The molecular weight excluding hydrogens is 321 g/mol. The molecule has 1 aliphatic carbocycles. The van der Waals surface area contributed by atoms with Gasteiger partial charge in [0, 0.05) is 24.8 Å². The highest BCUT2D eigenvalue weighted by atomic mass is 19.1. The van der Waals surface area contributed by atoms with Gasteiger partial charge in [0.05, 0.1) is 5.69 Å². The van der Waals surface area contributed by atoms with Crippen LogP contribution in [0, 0.1) is 5.82 Å². The van der Waals surface area contributed by atoms with Crippen LogP contribution in [0.15, 0.2) is 30.3 Å². The number of halogens is 1. The fourth-order valence-corrected chi connectivity index (χ4v) is 3.40. The van der Waals surface area contributed by atoms with Crippen LogP contribution in [0.1, 0.15) is 37.8 Å². The van der Waals surface area contributed by atoms with Crippen LogP contribution in [0.25, 0.3) is 11.3 Å². The summed E-state index contributed by atoms with van der Waals surface area (Å²) in [6.07, 6.45) is 4.50. The number of carbonyl (C=O) groups excluding carboxylic acids is 1. The molecule has 1 aliphatic rings. The first kappa shape index (κ1) is 17.6. The summed E-state index contributed by atoms with van der Waals surface area (Å²) in [4.78, 5) is 14.0. The molecule has 134 valence electrons. The van der Waals surface area contributed by atoms with Crippen molar-refractivity contribution >= 4 is 5.91 Å². The third-order valence-corrected chi connectivity index (χ3v) is 4.89. The van der Waals surface area contributed by atoms with E-state index in [1.165, 1.54) is 12.1 Å². The number of rotatable bonds is 6. The van der Waals surface area contributed by atoms with Gasteiger partial charge in [0.25, 0.3) is 5.91 Å². The fraction of sp³-hybridized carbons (Fsp3) is 0.474. The Morgan fingerprint density at radius 2 is 2.00 bits per heavy atom. The molecule has 0 unspecified atom stereocenters. The van der Waals surface area contributed by atoms with E-state index in [4.69, 9.17) is 0 Å². The lowest BCUT2D eigenvalue weighted by Gasteiger charge is -2.27. The topological polar surface area (TPSA) is 69.2 Å². The van der Waals surface area contributed by atoms with Crippen LogP contribution < -0.4 is 0 Å². The van der Waals surface area contributed by atoms with Gasteiger partial charge in [-0.25, -0.2) is 4.39 Å². The van der Waals surface area contributed by atoms with E-state index in [-0.39, 0.29) is 11.7 Å². The molecule has 1 fully saturated rings. The number of H-pyrrole nitrogens is 1. The van der Waals surface area contributed by atoms with E-state index in [9.17, 15) is 14.3 Å². The SMILES string of the molecule is CN(CCCc1cc(-c2ccc(F)cc2)n[nH]1)C(=O)C1(O)CCCC1. The van der Waals surface area contributed by atoms with Crippen LogP contribution in [-0.4, -0.2) is 45.3 Å². The predicted molar refractivity (Wildman–Crippen MR) is 93.4 cm³/mol. The molecule has 0 aliphatic heterocycles. The van der Waals surface area contributed by atoms with E-state index in [0.717, 1.165) is 42.6 Å². The molecule has 0 radical (unpaired) electrons. The molecule has 1 heterocycles. The molecular formula is C19H24FN3O2. The molecule has 1 amide bonds. The van der Waals surface area contributed by atoms with E-state index in [2.05, 4.69) is 10.2 Å². The molecule has 3 rings (SSSR count). The molecule has 2 aromatic rings. The second kappa shape index (κ2) is 7.35. The van der Waals surface area contributed by atoms with E-state index < -0.39 is 5.60 Å². The number of benzene rings is 1. The van der Waals surface area contributed by atoms with Gasteiger partial charge in [0.2, 0.25) is 0 Å². The molecule has 1 saturated carbocycles. The van der Waals surface area contributed by atoms with Crippen LogP contribution in [0.5, 0.6) is 0 Å². The summed E-state index contributed by atoms with van der Waals surface area (Å²) in [5, 5.41) is 17.6. The summed E-state index contributed by atoms with van der Waals surface area (Å²) < 4.78 is 13.0. The van der Waals surface area contributed by atoms with Crippen molar-refractivity contribution < 1.29 is 14.3 Å². The van der Waals surface area contributed by atoms with E-state index in [1.807, 2.05) is 6.07 Å². The van der Waals surface area contributed by atoms with E-state index in [1.54, 1.807) is 24.1 Å². The van der Waals surface area contributed by atoms with Gasteiger partial charge in [0.15, 0.2) is 0 Å². The minimum absolute atomic E-state index is 0.165. The van der Waals surface area contributed by atoms with Gasteiger partial charge in [-0.3, -0.25) is 9.89 Å². The van der Waals surface area contributed by atoms with Gasteiger partial charge in [-0.1, -0.05) is 0 Å². The Morgan fingerprint density at radius 3 is 2.68 bits per heavy atom. The van der Waals surface area contributed by atoms with Crippen molar-refractivity contribution in [1.29, 1.82) is 0 Å². The maximum absolute atomic E-state index is 13.0. The number of hydrogen-bond acceptors (Lipinski definition) is 3. The second-order valence-corrected chi connectivity index (χ2v) is 6.85. The van der Waals surface area contributed by atoms with Crippen molar-refractivity contribution in [2.24, 2.45) is 0 Å². The highest BCUT2D eigenvalue weighted by Crippen LogP contribution is 2.31. The van der Waals surface area contributed by atoms with Crippen molar-refractivity contribution in [3.8, 4) is 11.3 Å². The molecule has 0 saturated heterocycles. The number of nitrogens with one attached hydrogen (secondary N) is 1. The Bertz CT molecular complexity index is 721. The van der Waals surface area contributed by atoms with Gasteiger partial charge in [-0.05, 0) is 68.9 Å². The van der Waals surface area contributed by atoms with Crippen LogP contribution in [0.3, 0.4) is 0 Å². The summed E-state index contributed by atoms with van der Waals surface area (Å²) in [6, 6.07) is 8.17. The maximum Gasteiger partial charge on any atom is 0.254 e. The summed E-state index contributed by atoms with van der Waals surface area (Å²) in [7, 11) is 1.75. The Morgan fingerprint density at radius 1 is 1.32 bits per heavy atom. The highest BCUT2D eigenvalue weighted by Gasteiger charge is 2.40. The van der Waals surface area contributed by atoms with Gasteiger partial charge >= 0.3 is 0 Å². The quantitative estimate of drug-likeness (QED) is 0.846. The molecule has 6 heteroatoms. The van der Waals surface area contributed by atoms with Crippen LogP contribution in [0.2, 0.25) is 0 Å². The lowest BCUT2D eigenvalue weighted by molar-refractivity contribution is -0.149. The van der Waals surface area contributed by atoms with Crippen molar-refractivity contribution in [1.82, 2.24) is 15.1 Å². The number of carbonyl (C=O) groups is 1. The van der Waals surface area contributed by atoms with E-state index >= 15 is 0 Å². The Kier molecular flexibility index (Phi) is 5.18. The Balaban J connectivity index is 1.51. The van der Waals surface area contributed by atoms with E-state index in [0.29, 0.717) is 19.4 Å². The minimum atomic E-state index is -1.15.